The summed E-state index contributed by atoms with van der Waals surface area (Å²) in [5.74, 6) is -1.40. The first kappa shape index (κ1) is 26.5. The fourth-order valence-electron chi connectivity index (χ4n) is 5.34. The predicted molar refractivity (Wildman–Crippen MR) is 146 cm³/mol. The Hall–Kier alpha value is -3.74. The van der Waals surface area contributed by atoms with E-state index in [1.807, 2.05) is 0 Å². The van der Waals surface area contributed by atoms with Crippen LogP contribution in [0.5, 0.6) is 0 Å². The molecule has 2 aliphatic rings. The third kappa shape index (κ3) is 4.87. The standard InChI is InChI=1S/C28H25BF2N2O6S/c1-40(36,37)33(13-16-8-18-14-38-29(35)27(18)22(31)9-16)23-12-24-21(11-20(23)17-4-5-17)26(28(32)34)25(39-24)10-15-2-6-19(30)7-3-15/h2-3,6-9,11-12,17,35H,4-5,10,13-14H2,1H3,(H2,32,34). The van der Waals surface area contributed by atoms with Crippen LogP contribution in [0.4, 0.5) is 14.5 Å². The Morgan fingerprint density at radius 1 is 1.12 bits per heavy atom. The summed E-state index contributed by atoms with van der Waals surface area (Å²) >= 11 is 0. The van der Waals surface area contributed by atoms with Crippen molar-refractivity contribution in [2.24, 2.45) is 5.73 Å². The normalized spacial score (nSPS) is 15.1. The Bertz CT molecular complexity index is 1770. The maximum Gasteiger partial charge on any atom is 0.494 e. The van der Waals surface area contributed by atoms with Crippen molar-refractivity contribution in [3.8, 4) is 0 Å². The second-order valence-electron chi connectivity index (χ2n) is 10.3. The molecule has 8 nitrogen and oxygen atoms in total. The Morgan fingerprint density at radius 2 is 1.85 bits per heavy atom. The van der Waals surface area contributed by atoms with Crippen molar-refractivity contribution in [2.45, 2.75) is 38.3 Å². The summed E-state index contributed by atoms with van der Waals surface area (Å²) in [6.45, 7) is -0.158. The number of nitrogens with two attached hydrogens (primary N) is 1. The topological polar surface area (TPSA) is 123 Å². The van der Waals surface area contributed by atoms with E-state index in [0.29, 0.717) is 27.8 Å². The van der Waals surface area contributed by atoms with Crippen molar-refractivity contribution in [3.05, 3.63) is 93.7 Å². The van der Waals surface area contributed by atoms with Crippen LogP contribution < -0.4 is 15.5 Å². The van der Waals surface area contributed by atoms with Crippen LogP contribution in [0.1, 0.15) is 57.1 Å². The first-order valence-corrected chi connectivity index (χ1v) is 14.6. The number of benzene rings is 3. The van der Waals surface area contributed by atoms with Gasteiger partial charge in [0.1, 0.15) is 23.0 Å². The van der Waals surface area contributed by atoms with Crippen LogP contribution in [0.25, 0.3) is 11.0 Å². The first-order chi connectivity index (χ1) is 19.0. The number of sulfonamides is 1. The molecule has 1 fully saturated rings. The fourth-order valence-corrected chi connectivity index (χ4v) is 6.24. The lowest BCUT2D eigenvalue weighted by Gasteiger charge is -2.25. The van der Waals surface area contributed by atoms with Gasteiger partial charge in [0.05, 0.1) is 30.7 Å². The third-order valence-electron chi connectivity index (χ3n) is 7.37. The molecule has 1 amide bonds. The van der Waals surface area contributed by atoms with E-state index in [2.05, 4.69) is 0 Å². The number of amides is 1. The second kappa shape index (κ2) is 9.72. The van der Waals surface area contributed by atoms with Gasteiger partial charge in [-0.1, -0.05) is 18.2 Å². The van der Waals surface area contributed by atoms with Crippen LogP contribution >= 0.6 is 0 Å². The smallest absolute Gasteiger partial charge is 0.460 e. The minimum Gasteiger partial charge on any atom is -0.460 e. The summed E-state index contributed by atoms with van der Waals surface area (Å²) in [7, 11) is -5.22. The number of halogens is 2. The number of fused-ring (bicyclic) bond motifs is 2. The molecule has 0 atom stereocenters. The number of hydrogen-bond donors (Lipinski definition) is 2. The van der Waals surface area contributed by atoms with E-state index in [-0.39, 0.29) is 47.9 Å². The number of carbonyl (C=O) groups excluding carboxylic acids is 1. The quantitative estimate of drug-likeness (QED) is 0.315. The molecular weight excluding hydrogens is 541 g/mol. The minimum absolute atomic E-state index is 0.0124. The molecule has 4 aromatic rings. The highest BCUT2D eigenvalue weighted by Gasteiger charge is 2.34. The van der Waals surface area contributed by atoms with Gasteiger partial charge in [-0.15, -0.1) is 0 Å². The number of nitrogens with zero attached hydrogens (tertiary/aromatic N) is 1. The summed E-state index contributed by atoms with van der Waals surface area (Å²) in [6.07, 6.45) is 2.93. The Labute approximate surface area is 229 Å². The average Bonchev–Trinajstić information content (AvgIpc) is 3.57. The zero-order valence-electron chi connectivity index (χ0n) is 21.5. The average molecular weight is 566 g/mol. The molecule has 3 N–H and O–H groups in total. The second-order valence-corrected chi connectivity index (χ2v) is 12.2. The van der Waals surface area contributed by atoms with Crippen molar-refractivity contribution in [3.63, 3.8) is 0 Å². The van der Waals surface area contributed by atoms with Crippen molar-refractivity contribution in [1.29, 1.82) is 0 Å². The van der Waals surface area contributed by atoms with Gasteiger partial charge in [0.2, 0.25) is 10.0 Å². The maximum absolute atomic E-state index is 14.8. The monoisotopic (exact) mass is 566 g/mol. The molecule has 12 heteroatoms. The number of rotatable bonds is 8. The highest BCUT2D eigenvalue weighted by Crippen LogP contribution is 2.47. The molecule has 0 bridgehead atoms. The molecule has 2 heterocycles. The lowest BCUT2D eigenvalue weighted by Crippen LogP contribution is -2.33. The van der Waals surface area contributed by atoms with E-state index < -0.39 is 34.7 Å². The molecule has 0 saturated heterocycles. The molecule has 1 aliphatic heterocycles. The van der Waals surface area contributed by atoms with Crippen LogP contribution in [0.2, 0.25) is 0 Å². The number of primary amides is 1. The summed E-state index contributed by atoms with van der Waals surface area (Å²) in [4.78, 5) is 12.5. The summed E-state index contributed by atoms with van der Waals surface area (Å²) in [6, 6.07) is 11.9. The van der Waals surface area contributed by atoms with Crippen LogP contribution in [-0.2, 0) is 34.3 Å². The Kier molecular flexibility index (Phi) is 6.44. The molecule has 3 aromatic carbocycles. The van der Waals surface area contributed by atoms with E-state index in [1.165, 1.54) is 22.5 Å². The van der Waals surface area contributed by atoms with E-state index in [9.17, 15) is 27.0 Å². The summed E-state index contributed by atoms with van der Waals surface area (Å²) in [5.41, 5.74) is 8.90. The van der Waals surface area contributed by atoms with Gasteiger partial charge in [-0.2, -0.15) is 0 Å². The van der Waals surface area contributed by atoms with Crippen molar-refractivity contribution < 1.29 is 36.1 Å². The molecule has 1 aromatic heterocycles. The number of furan rings is 1. The van der Waals surface area contributed by atoms with Crippen LogP contribution in [0.3, 0.4) is 0 Å². The predicted octanol–water partition coefficient (Wildman–Crippen LogP) is 3.46. The zero-order valence-corrected chi connectivity index (χ0v) is 22.3. The molecule has 6 rings (SSSR count). The number of anilines is 1. The molecule has 206 valence electrons. The lowest BCUT2D eigenvalue weighted by molar-refractivity contribution is 0.1000. The molecule has 0 radical (unpaired) electrons. The van der Waals surface area contributed by atoms with Crippen LogP contribution in [0.15, 0.2) is 52.9 Å². The fraction of sp³-hybridized carbons (Fsp3) is 0.250. The molecule has 1 saturated carbocycles. The van der Waals surface area contributed by atoms with Gasteiger partial charge in [0, 0.05) is 23.3 Å². The summed E-state index contributed by atoms with van der Waals surface area (Å²) < 4.78 is 66.9. The Morgan fingerprint density at radius 3 is 2.50 bits per heavy atom. The van der Waals surface area contributed by atoms with E-state index in [4.69, 9.17) is 14.8 Å². The van der Waals surface area contributed by atoms with Crippen LogP contribution in [-0.4, -0.2) is 32.7 Å². The SMILES string of the molecule is CS(=O)(=O)N(Cc1cc(F)c2c(c1)COB2O)c1cc2oc(Cc3ccc(F)cc3)c(C(N)=O)c2cc1C1CC1. The van der Waals surface area contributed by atoms with Gasteiger partial charge < -0.3 is 19.8 Å². The van der Waals surface area contributed by atoms with Gasteiger partial charge in [0.25, 0.3) is 5.91 Å². The molecule has 1 aliphatic carbocycles. The highest BCUT2D eigenvalue weighted by atomic mass is 32.2. The number of hydrogen-bond acceptors (Lipinski definition) is 6. The molecule has 0 spiro atoms. The number of carbonyl (C=O) groups is 1. The van der Waals surface area contributed by atoms with Gasteiger partial charge in [-0.25, -0.2) is 17.2 Å². The van der Waals surface area contributed by atoms with Crippen molar-refractivity contribution in [2.75, 3.05) is 10.6 Å². The van der Waals surface area contributed by atoms with Gasteiger partial charge in [0.15, 0.2) is 0 Å². The summed E-state index contributed by atoms with van der Waals surface area (Å²) in [5, 5.41) is 10.4. The van der Waals surface area contributed by atoms with Gasteiger partial charge >= 0.3 is 7.12 Å². The lowest BCUT2D eigenvalue weighted by atomic mass is 9.78. The van der Waals surface area contributed by atoms with E-state index in [1.54, 1.807) is 30.3 Å². The third-order valence-corrected chi connectivity index (χ3v) is 8.49. The van der Waals surface area contributed by atoms with E-state index >= 15 is 0 Å². The Balaban J connectivity index is 1.47. The molecule has 0 unspecified atom stereocenters. The van der Waals surface area contributed by atoms with Crippen LogP contribution in [0, 0.1) is 11.6 Å². The van der Waals surface area contributed by atoms with Gasteiger partial charge in [-0.3, -0.25) is 9.10 Å². The minimum atomic E-state index is -3.86. The van der Waals surface area contributed by atoms with E-state index in [0.717, 1.165) is 24.7 Å². The molecular formula is C28H25BF2N2O6S. The highest BCUT2D eigenvalue weighted by molar-refractivity contribution is 7.92. The van der Waals surface area contributed by atoms with Crippen molar-refractivity contribution in [1.82, 2.24) is 0 Å². The maximum atomic E-state index is 14.8. The van der Waals surface area contributed by atoms with Crippen molar-refractivity contribution >= 4 is 45.2 Å². The first-order valence-electron chi connectivity index (χ1n) is 12.7. The largest absolute Gasteiger partial charge is 0.494 e. The zero-order chi connectivity index (χ0) is 28.3. The van der Waals surface area contributed by atoms with Gasteiger partial charge in [-0.05, 0) is 65.3 Å². The molecule has 40 heavy (non-hydrogen) atoms.